The van der Waals surface area contributed by atoms with E-state index in [1.54, 1.807) is 4.90 Å². The normalized spacial score (nSPS) is 19.3. The van der Waals surface area contributed by atoms with Gasteiger partial charge in [-0.1, -0.05) is 6.07 Å². The van der Waals surface area contributed by atoms with Gasteiger partial charge in [-0.2, -0.15) is 0 Å². The quantitative estimate of drug-likeness (QED) is 0.849. The average molecular weight is 277 g/mol. The van der Waals surface area contributed by atoms with Crippen LogP contribution < -0.4 is 5.32 Å². The van der Waals surface area contributed by atoms with Gasteiger partial charge in [-0.25, -0.2) is 8.78 Å². The molecule has 0 saturated carbocycles. The number of hydrogen-bond donors (Lipinski definition) is 1. The van der Waals surface area contributed by atoms with E-state index in [0.29, 0.717) is 19.6 Å². The summed E-state index contributed by atoms with van der Waals surface area (Å²) in [6.45, 7) is 3.64. The molecule has 0 aromatic heterocycles. The van der Waals surface area contributed by atoms with Crippen molar-refractivity contribution < 1.29 is 13.6 Å². The fourth-order valence-corrected chi connectivity index (χ4v) is 1.96. The first kappa shape index (κ1) is 14.9. The van der Waals surface area contributed by atoms with Gasteiger partial charge in [-0.3, -0.25) is 4.79 Å². The molecule has 1 fully saturated rings. The lowest BCUT2D eigenvalue weighted by atomic mass is 10.1. The average Bonchev–Trinajstić information content (AvgIpc) is 2.32. The van der Waals surface area contributed by atoms with Crippen molar-refractivity contribution in [3.05, 3.63) is 35.4 Å². The van der Waals surface area contributed by atoms with Crippen molar-refractivity contribution in [1.29, 1.82) is 0 Å². The van der Waals surface area contributed by atoms with Crippen LogP contribution in [0.1, 0.15) is 17.3 Å². The first-order valence-corrected chi connectivity index (χ1v) is 5.56. The van der Waals surface area contributed by atoms with Gasteiger partial charge >= 0.3 is 0 Å². The Morgan fingerprint density at radius 3 is 2.83 bits per heavy atom. The van der Waals surface area contributed by atoms with Crippen molar-refractivity contribution in [2.45, 2.75) is 13.0 Å². The largest absolute Gasteiger partial charge is 0.336 e. The van der Waals surface area contributed by atoms with E-state index in [2.05, 4.69) is 5.32 Å². The van der Waals surface area contributed by atoms with Crippen LogP contribution >= 0.6 is 12.4 Å². The molecule has 1 aromatic carbocycles. The monoisotopic (exact) mass is 276 g/mol. The Balaban J connectivity index is 0.00000162. The van der Waals surface area contributed by atoms with E-state index in [1.165, 1.54) is 12.1 Å². The summed E-state index contributed by atoms with van der Waals surface area (Å²) in [5.74, 6) is -2.50. The summed E-state index contributed by atoms with van der Waals surface area (Å²) in [5, 5.41) is 3.18. The first-order valence-electron chi connectivity index (χ1n) is 5.56. The summed E-state index contributed by atoms with van der Waals surface area (Å²) in [6.07, 6.45) is 0. The van der Waals surface area contributed by atoms with Gasteiger partial charge in [0, 0.05) is 25.7 Å². The number of piperazine rings is 1. The molecule has 0 spiro atoms. The lowest BCUT2D eigenvalue weighted by Crippen LogP contribution is -2.51. The molecule has 0 unspecified atom stereocenters. The predicted octanol–water partition coefficient (Wildman–Crippen LogP) is 1.82. The van der Waals surface area contributed by atoms with Crippen LogP contribution in [0.5, 0.6) is 0 Å². The molecule has 0 radical (unpaired) electrons. The number of hydrogen-bond acceptors (Lipinski definition) is 2. The fourth-order valence-electron chi connectivity index (χ4n) is 1.96. The number of benzene rings is 1. The van der Waals surface area contributed by atoms with Crippen LogP contribution in [0.2, 0.25) is 0 Å². The molecule has 18 heavy (non-hydrogen) atoms. The molecule has 1 aliphatic heterocycles. The van der Waals surface area contributed by atoms with Crippen LogP contribution in [0.3, 0.4) is 0 Å². The smallest absolute Gasteiger partial charge is 0.257 e. The lowest BCUT2D eigenvalue weighted by Gasteiger charge is -2.32. The van der Waals surface area contributed by atoms with Crippen molar-refractivity contribution >= 4 is 18.3 Å². The number of rotatable bonds is 1. The van der Waals surface area contributed by atoms with Crippen molar-refractivity contribution in [1.82, 2.24) is 10.2 Å². The van der Waals surface area contributed by atoms with Gasteiger partial charge in [-0.05, 0) is 19.1 Å². The highest BCUT2D eigenvalue weighted by Gasteiger charge is 2.24. The highest BCUT2D eigenvalue weighted by molar-refractivity contribution is 5.94. The van der Waals surface area contributed by atoms with Crippen LogP contribution in [0, 0.1) is 11.6 Å². The second-order valence-corrected chi connectivity index (χ2v) is 4.21. The zero-order valence-corrected chi connectivity index (χ0v) is 10.8. The topological polar surface area (TPSA) is 32.3 Å². The van der Waals surface area contributed by atoms with Crippen LogP contribution in [-0.2, 0) is 0 Å². The maximum absolute atomic E-state index is 13.5. The summed E-state index contributed by atoms with van der Waals surface area (Å²) in [4.78, 5) is 13.6. The summed E-state index contributed by atoms with van der Waals surface area (Å²) < 4.78 is 26.5. The first-order chi connectivity index (χ1) is 8.09. The standard InChI is InChI=1S/C12H14F2N2O.ClH/c1-8-7-16(6-5-15-8)12(17)9-3-2-4-10(13)11(9)14;/h2-4,8,15H,5-7H2,1H3;1H/t8-;/m1./s1. The van der Waals surface area contributed by atoms with Crippen molar-refractivity contribution in [3.8, 4) is 0 Å². The molecule has 6 heteroatoms. The Labute approximate surface area is 111 Å². The van der Waals surface area contributed by atoms with Gasteiger partial charge < -0.3 is 10.2 Å². The van der Waals surface area contributed by atoms with E-state index < -0.39 is 17.5 Å². The van der Waals surface area contributed by atoms with Gasteiger partial charge in [0.1, 0.15) is 0 Å². The Bertz CT molecular complexity index is 442. The van der Waals surface area contributed by atoms with Gasteiger partial charge in [0.25, 0.3) is 5.91 Å². The third-order valence-electron chi connectivity index (χ3n) is 2.84. The third-order valence-corrected chi connectivity index (χ3v) is 2.84. The number of carbonyl (C=O) groups excluding carboxylic acids is 1. The predicted molar refractivity (Wildman–Crippen MR) is 67.0 cm³/mol. The maximum atomic E-state index is 13.5. The van der Waals surface area contributed by atoms with Crippen molar-refractivity contribution in [3.63, 3.8) is 0 Å². The van der Waals surface area contributed by atoms with E-state index in [9.17, 15) is 13.6 Å². The van der Waals surface area contributed by atoms with E-state index >= 15 is 0 Å². The fraction of sp³-hybridized carbons (Fsp3) is 0.417. The molecule has 0 aliphatic carbocycles. The summed E-state index contributed by atoms with van der Waals surface area (Å²) in [5.41, 5.74) is -0.195. The van der Waals surface area contributed by atoms with E-state index in [4.69, 9.17) is 0 Å². The molecule has 1 aliphatic rings. The van der Waals surface area contributed by atoms with Crippen LogP contribution in [0.15, 0.2) is 18.2 Å². The number of nitrogens with one attached hydrogen (secondary N) is 1. The van der Waals surface area contributed by atoms with Crippen molar-refractivity contribution in [2.75, 3.05) is 19.6 Å². The summed E-state index contributed by atoms with van der Waals surface area (Å²) in [6, 6.07) is 3.83. The van der Waals surface area contributed by atoms with Gasteiger partial charge in [-0.15, -0.1) is 12.4 Å². The highest BCUT2D eigenvalue weighted by Crippen LogP contribution is 2.14. The molecule has 1 amide bonds. The summed E-state index contributed by atoms with van der Waals surface area (Å²) >= 11 is 0. The molecule has 100 valence electrons. The lowest BCUT2D eigenvalue weighted by molar-refractivity contribution is 0.0703. The Morgan fingerprint density at radius 2 is 2.17 bits per heavy atom. The van der Waals surface area contributed by atoms with Gasteiger partial charge in [0.05, 0.1) is 5.56 Å². The van der Waals surface area contributed by atoms with E-state index in [0.717, 1.165) is 6.07 Å². The SMILES string of the molecule is C[C@@H]1CN(C(=O)c2cccc(F)c2F)CCN1.Cl. The molecule has 1 saturated heterocycles. The second kappa shape index (κ2) is 6.11. The molecular formula is C12H15ClF2N2O. The van der Waals surface area contributed by atoms with E-state index in [1.807, 2.05) is 6.92 Å². The maximum Gasteiger partial charge on any atom is 0.257 e. The molecule has 2 rings (SSSR count). The minimum Gasteiger partial charge on any atom is -0.336 e. The van der Waals surface area contributed by atoms with Gasteiger partial charge in [0.15, 0.2) is 11.6 Å². The molecule has 1 atom stereocenters. The van der Waals surface area contributed by atoms with Crippen LogP contribution in [0.4, 0.5) is 8.78 Å². The molecule has 1 heterocycles. The Morgan fingerprint density at radius 1 is 1.44 bits per heavy atom. The second-order valence-electron chi connectivity index (χ2n) is 4.21. The third kappa shape index (κ3) is 2.97. The molecule has 1 N–H and O–H groups in total. The minimum atomic E-state index is -1.07. The molecule has 1 aromatic rings. The zero-order valence-electron chi connectivity index (χ0n) is 9.95. The van der Waals surface area contributed by atoms with Crippen LogP contribution in [0.25, 0.3) is 0 Å². The number of nitrogens with zero attached hydrogens (tertiary/aromatic N) is 1. The molecule has 3 nitrogen and oxygen atoms in total. The van der Waals surface area contributed by atoms with Gasteiger partial charge in [0.2, 0.25) is 0 Å². The Kier molecular flexibility index (Phi) is 5.04. The summed E-state index contributed by atoms with van der Waals surface area (Å²) in [7, 11) is 0. The van der Waals surface area contributed by atoms with Crippen LogP contribution in [-0.4, -0.2) is 36.5 Å². The van der Waals surface area contributed by atoms with Crippen molar-refractivity contribution in [2.24, 2.45) is 0 Å². The Hall–Kier alpha value is -1.20. The minimum absolute atomic E-state index is 0. The molecular weight excluding hydrogens is 262 g/mol. The molecule has 0 bridgehead atoms. The van der Waals surface area contributed by atoms with E-state index in [-0.39, 0.29) is 24.0 Å². The number of amides is 1. The number of carbonyl (C=O) groups is 1. The highest BCUT2D eigenvalue weighted by atomic mass is 35.5. The zero-order chi connectivity index (χ0) is 12.4. The number of halogens is 3.